The predicted octanol–water partition coefficient (Wildman–Crippen LogP) is 2.59. The van der Waals surface area contributed by atoms with E-state index in [2.05, 4.69) is 10.1 Å². The van der Waals surface area contributed by atoms with Gasteiger partial charge in [0.15, 0.2) is 0 Å². The number of aromatic nitrogens is 2. The summed E-state index contributed by atoms with van der Waals surface area (Å²) in [5.74, 6) is -0.261. The maximum Gasteiger partial charge on any atom is 0.335 e. The van der Waals surface area contributed by atoms with E-state index < -0.39 is 23.2 Å². The van der Waals surface area contributed by atoms with Crippen LogP contribution in [0.15, 0.2) is 63.2 Å². The third kappa shape index (κ3) is 3.78. The molecule has 1 aromatic heterocycles. The van der Waals surface area contributed by atoms with Gasteiger partial charge in [0.1, 0.15) is 11.3 Å². The number of benzene rings is 2. The molecule has 3 aromatic rings. The second-order valence-corrected chi connectivity index (χ2v) is 7.61. The molecular weight excluding hydrogens is 436 g/mol. The number of nitrogens with one attached hydrogen (secondary N) is 1. The van der Waals surface area contributed by atoms with Crippen LogP contribution in [-0.4, -0.2) is 38.4 Å². The summed E-state index contributed by atoms with van der Waals surface area (Å²) in [7, 11) is 1.55. The van der Waals surface area contributed by atoms with Crippen LogP contribution in [0, 0.1) is 0 Å². The van der Waals surface area contributed by atoms with E-state index in [4.69, 9.17) is 16.3 Å². The van der Waals surface area contributed by atoms with Gasteiger partial charge < -0.3 is 9.84 Å². The first-order valence-corrected chi connectivity index (χ1v) is 10.0. The maximum absolute atomic E-state index is 12.6. The van der Waals surface area contributed by atoms with Crippen molar-refractivity contribution >= 4 is 23.2 Å². The minimum Gasteiger partial charge on any atom is -0.497 e. The van der Waals surface area contributed by atoms with Crippen molar-refractivity contribution in [2.75, 3.05) is 7.11 Å². The standard InChI is InChI=1S/C22H19ClN4O5/c1-12(28)27-18(13-6-8-16(32-2)9-7-13)11-17(25-27)19-20(29)24-22(31)26(21(19)30)15-5-3-4-14(23)10-15/h3-10,18,30H,11H2,1-2H3,(H,24,29,31). The molecule has 0 saturated heterocycles. The van der Waals surface area contributed by atoms with Gasteiger partial charge in [-0.25, -0.2) is 14.4 Å². The van der Waals surface area contributed by atoms with E-state index in [1.54, 1.807) is 49.6 Å². The zero-order valence-electron chi connectivity index (χ0n) is 17.2. The molecule has 0 radical (unpaired) electrons. The fourth-order valence-electron chi connectivity index (χ4n) is 3.68. The molecule has 1 aliphatic heterocycles. The maximum atomic E-state index is 12.6. The molecular formula is C22H19ClN4O5. The Kier molecular flexibility index (Phi) is 5.58. The van der Waals surface area contributed by atoms with Gasteiger partial charge >= 0.3 is 5.69 Å². The molecule has 4 rings (SSSR count). The summed E-state index contributed by atoms with van der Waals surface area (Å²) in [5.41, 5.74) is -0.594. The fraction of sp³-hybridized carbons (Fsp3) is 0.182. The number of amides is 1. The molecule has 1 unspecified atom stereocenters. The largest absolute Gasteiger partial charge is 0.497 e. The third-order valence-electron chi connectivity index (χ3n) is 5.17. The Morgan fingerprint density at radius 1 is 1.22 bits per heavy atom. The van der Waals surface area contributed by atoms with E-state index in [1.807, 2.05) is 0 Å². The van der Waals surface area contributed by atoms with Crippen molar-refractivity contribution in [2.24, 2.45) is 5.10 Å². The summed E-state index contributed by atoms with van der Waals surface area (Å²) >= 11 is 6.01. The molecule has 10 heteroatoms. The highest BCUT2D eigenvalue weighted by molar-refractivity contribution is 6.30. The van der Waals surface area contributed by atoms with Gasteiger partial charge in [-0.05, 0) is 35.9 Å². The molecule has 0 fully saturated rings. The number of aromatic hydroxyl groups is 1. The smallest absolute Gasteiger partial charge is 0.335 e. The number of carbonyl (C=O) groups is 1. The van der Waals surface area contributed by atoms with Gasteiger partial charge in [0.2, 0.25) is 11.8 Å². The summed E-state index contributed by atoms with van der Waals surface area (Å²) in [6.07, 6.45) is 0.163. The van der Waals surface area contributed by atoms with Gasteiger partial charge in [-0.1, -0.05) is 29.8 Å². The van der Waals surface area contributed by atoms with E-state index in [1.165, 1.54) is 18.0 Å². The van der Waals surface area contributed by atoms with Gasteiger partial charge in [0, 0.05) is 18.4 Å². The Balaban J connectivity index is 1.81. The van der Waals surface area contributed by atoms with E-state index >= 15 is 0 Å². The summed E-state index contributed by atoms with van der Waals surface area (Å²) in [6.45, 7) is 1.36. The van der Waals surface area contributed by atoms with Crippen LogP contribution < -0.4 is 16.0 Å². The number of rotatable bonds is 4. The topological polar surface area (TPSA) is 117 Å². The SMILES string of the molecule is COc1ccc(C2CC(c3c(O)n(-c4cccc(Cl)c4)c(=O)[nH]c3=O)=NN2C(C)=O)cc1. The zero-order valence-corrected chi connectivity index (χ0v) is 18.0. The minimum absolute atomic E-state index is 0.163. The average Bonchev–Trinajstić information content (AvgIpc) is 3.19. The van der Waals surface area contributed by atoms with Crippen LogP contribution in [0.4, 0.5) is 0 Å². The minimum atomic E-state index is -0.827. The van der Waals surface area contributed by atoms with Crippen LogP contribution in [0.5, 0.6) is 11.6 Å². The Hall–Kier alpha value is -3.85. The molecule has 0 spiro atoms. The first kappa shape index (κ1) is 21.4. The normalized spacial score (nSPS) is 15.5. The van der Waals surface area contributed by atoms with Crippen molar-refractivity contribution in [2.45, 2.75) is 19.4 Å². The van der Waals surface area contributed by atoms with Gasteiger partial charge in [-0.15, -0.1) is 0 Å². The quantitative estimate of drug-likeness (QED) is 0.628. The van der Waals surface area contributed by atoms with E-state index in [9.17, 15) is 19.5 Å². The molecule has 0 aliphatic carbocycles. The molecule has 1 atom stereocenters. The zero-order chi connectivity index (χ0) is 23.0. The monoisotopic (exact) mass is 454 g/mol. The molecule has 164 valence electrons. The van der Waals surface area contributed by atoms with Gasteiger partial charge in [-0.3, -0.25) is 14.6 Å². The van der Waals surface area contributed by atoms with E-state index in [0.717, 1.165) is 10.1 Å². The highest BCUT2D eigenvalue weighted by Crippen LogP contribution is 2.34. The molecule has 2 heterocycles. The molecule has 2 N–H and O–H groups in total. The molecule has 2 aromatic carbocycles. The summed E-state index contributed by atoms with van der Waals surface area (Å²) < 4.78 is 6.11. The number of hydrogen-bond acceptors (Lipinski definition) is 6. The van der Waals surface area contributed by atoms with Crippen LogP contribution in [0.1, 0.15) is 30.5 Å². The lowest BCUT2D eigenvalue weighted by atomic mass is 9.99. The Morgan fingerprint density at radius 3 is 2.56 bits per heavy atom. The lowest BCUT2D eigenvalue weighted by molar-refractivity contribution is -0.130. The van der Waals surface area contributed by atoms with Crippen molar-refractivity contribution in [1.82, 2.24) is 14.6 Å². The van der Waals surface area contributed by atoms with Crippen LogP contribution >= 0.6 is 11.6 Å². The third-order valence-corrected chi connectivity index (χ3v) is 5.41. The highest BCUT2D eigenvalue weighted by Gasteiger charge is 2.34. The number of methoxy groups -OCH3 is 1. The highest BCUT2D eigenvalue weighted by atomic mass is 35.5. The van der Waals surface area contributed by atoms with Gasteiger partial charge in [0.25, 0.3) is 5.56 Å². The van der Waals surface area contributed by atoms with Gasteiger partial charge in [-0.2, -0.15) is 5.10 Å². The number of carbonyl (C=O) groups excluding carboxylic acids is 1. The van der Waals surface area contributed by atoms with Crippen LogP contribution in [-0.2, 0) is 4.79 Å². The molecule has 32 heavy (non-hydrogen) atoms. The van der Waals surface area contributed by atoms with Crippen molar-refractivity contribution < 1.29 is 14.6 Å². The van der Waals surface area contributed by atoms with Crippen molar-refractivity contribution in [3.05, 3.63) is 85.5 Å². The second kappa shape index (κ2) is 8.35. The molecule has 9 nitrogen and oxygen atoms in total. The van der Waals surface area contributed by atoms with Crippen LogP contribution in [0.3, 0.4) is 0 Å². The van der Waals surface area contributed by atoms with Crippen LogP contribution in [0.2, 0.25) is 5.02 Å². The molecule has 1 amide bonds. The lowest BCUT2D eigenvalue weighted by Gasteiger charge is -2.20. The summed E-state index contributed by atoms with van der Waals surface area (Å²) in [5, 5.41) is 16.8. The molecule has 1 aliphatic rings. The number of halogens is 1. The Morgan fingerprint density at radius 2 is 1.94 bits per heavy atom. The molecule has 0 saturated carbocycles. The van der Waals surface area contributed by atoms with Crippen LogP contribution in [0.25, 0.3) is 5.69 Å². The fourth-order valence-corrected chi connectivity index (χ4v) is 3.86. The van der Waals surface area contributed by atoms with E-state index in [0.29, 0.717) is 10.8 Å². The lowest BCUT2D eigenvalue weighted by Crippen LogP contribution is -2.33. The van der Waals surface area contributed by atoms with Crippen molar-refractivity contribution in [3.8, 4) is 17.3 Å². The number of hydrogen-bond donors (Lipinski definition) is 2. The summed E-state index contributed by atoms with van der Waals surface area (Å²) in [4.78, 5) is 39.6. The number of H-pyrrole nitrogens is 1. The predicted molar refractivity (Wildman–Crippen MR) is 119 cm³/mol. The van der Waals surface area contributed by atoms with Crippen molar-refractivity contribution in [3.63, 3.8) is 0 Å². The Labute approximate surface area is 187 Å². The Bertz CT molecular complexity index is 1340. The first-order valence-electron chi connectivity index (χ1n) is 9.66. The van der Waals surface area contributed by atoms with Crippen molar-refractivity contribution in [1.29, 1.82) is 0 Å². The molecule has 0 bridgehead atoms. The summed E-state index contributed by atoms with van der Waals surface area (Å²) in [6, 6.07) is 12.9. The average molecular weight is 455 g/mol. The number of hydrazone groups is 1. The second-order valence-electron chi connectivity index (χ2n) is 7.18. The number of nitrogens with zero attached hydrogens (tertiary/aromatic N) is 3. The van der Waals surface area contributed by atoms with E-state index in [-0.39, 0.29) is 29.3 Å². The van der Waals surface area contributed by atoms with Gasteiger partial charge in [0.05, 0.1) is 24.6 Å². The number of ether oxygens (including phenoxy) is 1. The first-order chi connectivity index (χ1) is 15.3. The number of aromatic amines is 1.